The molecule has 0 atom stereocenters. The lowest BCUT2D eigenvalue weighted by Gasteiger charge is -2.26. The van der Waals surface area contributed by atoms with E-state index in [2.05, 4.69) is 208 Å². The fourth-order valence-electron chi connectivity index (χ4n) is 7.41. The minimum atomic E-state index is 0.132. The summed E-state index contributed by atoms with van der Waals surface area (Å²) in [6.45, 7) is 6.76. The monoisotopic (exact) mass is 707 g/mol. The largest absolute Gasteiger partial charge is 0.311 e. The molecule has 3 heteroatoms. The van der Waals surface area contributed by atoms with Crippen LogP contribution in [-0.4, -0.2) is 9.97 Å². The highest BCUT2D eigenvalue weighted by Gasteiger charge is 2.17. The van der Waals surface area contributed by atoms with Crippen LogP contribution in [0.1, 0.15) is 26.3 Å². The third kappa shape index (κ3) is 6.77. The first kappa shape index (κ1) is 34.0. The topological polar surface area (TPSA) is 29.0 Å². The quantitative estimate of drug-likeness (QED) is 0.154. The van der Waals surface area contributed by atoms with E-state index in [4.69, 9.17) is 9.97 Å². The molecule has 0 bridgehead atoms. The van der Waals surface area contributed by atoms with Gasteiger partial charge in [0.05, 0.1) is 22.4 Å². The Morgan fingerprint density at radius 3 is 1.38 bits per heavy atom. The highest BCUT2D eigenvalue weighted by atomic mass is 15.1. The predicted octanol–water partition coefficient (Wildman–Crippen LogP) is 14.2. The van der Waals surface area contributed by atoms with Crippen molar-refractivity contribution in [3.63, 3.8) is 0 Å². The molecular weight excluding hydrogens is 667 g/mol. The lowest BCUT2D eigenvalue weighted by Crippen LogP contribution is -2.10. The third-order valence-electron chi connectivity index (χ3n) is 10.4. The van der Waals surface area contributed by atoms with E-state index < -0.39 is 0 Å². The zero-order chi connectivity index (χ0) is 37.4. The zero-order valence-electron chi connectivity index (χ0n) is 31.3. The van der Waals surface area contributed by atoms with E-state index in [0.717, 1.165) is 72.5 Å². The van der Waals surface area contributed by atoms with Crippen LogP contribution >= 0.6 is 0 Å². The van der Waals surface area contributed by atoms with Gasteiger partial charge in [0.2, 0.25) is 0 Å². The van der Waals surface area contributed by atoms with Crippen molar-refractivity contribution in [3.05, 3.63) is 200 Å². The standard InChI is InChI=1S/C52H41N3/c1-52(2,3)43-27-19-36(20-28-43)37-21-29-45(30-22-37)55(44-17-11-6-12-18-44)46-31-23-38(24-32-46)41-25-33-47-42(35-41)26-34-48-51(47)54-50(40-15-9-5-10-16-40)49(53-48)39-13-7-4-8-14-39/h4-35H,1-3H3. The molecule has 1 heterocycles. The Kier molecular flexibility index (Phi) is 8.76. The number of anilines is 3. The molecule has 0 saturated heterocycles. The molecule has 0 aliphatic carbocycles. The first-order valence-electron chi connectivity index (χ1n) is 18.9. The third-order valence-corrected chi connectivity index (χ3v) is 10.4. The Morgan fingerprint density at radius 1 is 0.382 bits per heavy atom. The molecule has 0 unspecified atom stereocenters. The molecule has 8 aromatic carbocycles. The molecule has 3 nitrogen and oxygen atoms in total. The van der Waals surface area contributed by atoms with E-state index in [0.29, 0.717) is 0 Å². The average molecular weight is 708 g/mol. The fraction of sp³-hybridized carbons (Fsp3) is 0.0769. The van der Waals surface area contributed by atoms with Crippen LogP contribution in [-0.2, 0) is 5.41 Å². The van der Waals surface area contributed by atoms with Gasteiger partial charge in [-0.15, -0.1) is 0 Å². The molecule has 0 amide bonds. The smallest absolute Gasteiger partial charge is 0.0973 e. The van der Waals surface area contributed by atoms with Crippen LogP contribution in [0.25, 0.3) is 66.6 Å². The molecule has 9 aromatic rings. The molecule has 55 heavy (non-hydrogen) atoms. The number of hydrogen-bond acceptors (Lipinski definition) is 3. The van der Waals surface area contributed by atoms with Crippen LogP contribution in [0.3, 0.4) is 0 Å². The molecule has 9 rings (SSSR count). The summed E-state index contributed by atoms with van der Waals surface area (Å²) in [6.07, 6.45) is 0. The number of hydrogen-bond donors (Lipinski definition) is 0. The zero-order valence-corrected chi connectivity index (χ0v) is 31.3. The van der Waals surface area contributed by atoms with Gasteiger partial charge < -0.3 is 4.90 Å². The second-order valence-electron chi connectivity index (χ2n) is 15.1. The van der Waals surface area contributed by atoms with Crippen LogP contribution in [0.5, 0.6) is 0 Å². The van der Waals surface area contributed by atoms with Gasteiger partial charge in [0.1, 0.15) is 0 Å². The Balaban J connectivity index is 1.05. The number of para-hydroxylation sites is 1. The van der Waals surface area contributed by atoms with Crippen molar-refractivity contribution in [1.82, 2.24) is 9.97 Å². The van der Waals surface area contributed by atoms with Gasteiger partial charge in [0, 0.05) is 33.6 Å². The van der Waals surface area contributed by atoms with Gasteiger partial charge >= 0.3 is 0 Å². The summed E-state index contributed by atoms with van der Waals surface area (Å²) < 4.78 is 0. The summed E-state index contributed by atoms with van der Waals surface area (Å²) in [5, 5.41) is 2.22. The van der Waals surface area contributed by atoms with Gasteiger partial charge in [-0.25, -0.2) is 9.97 Å². The van der Waals surface area contributed by atoms with Crippen molar-refractivity contribution in [3.8, 4) is 44.8 Å². The van der Waals surface area contributed by atoms with E-state index in [1.165, 1.54) is 16.7 Å². The van der Waals surface area contributed by atoms with Crippen molar-refractivity contribution in [2.75, 3.05) is 4.90 Å². The Morgan fingerprint density at radius 2 is 0.836 bits per heavy atom. The van der Waals surface area contributed by atoms with Crippen molar-refractivity contribution >= 4 is 38.9 Å². The van der Waals surface area contributed by atoms with Gasteiger partial charge in [0.15, 0.2) is 0 Å². The second-order valence-corrected chi connectivity index (χ2v) is 15.1. The Hall–Kier alpha value is -6.84. The number of nitrogens with zero attached hydrogens (tertiary/aromatic N) is 3. The van der Waals surface area contributed by atoms with E-state index in [9.17, 15) is 0 Å². The van der Waals surface area contributed by atoms with Gasteiger partial charge in [-0.3, -0.25) is 0 Å². The van der Waals surface area contributed by atoms with Crippen LogP contribution in [0, 0.1) is 0 Å². The number of rotatable bonds is 7. The molecule has 1 aromatic heterocycles. The van der Waals surface area contributed by atoms with E-state index in [-0.39, 0.29) is 5.41 Å². The SMILES string of the molecule is CC(C)(C)c1ccc(-c2ccc(N(c3ccccc3)c3ccc(-c4ccc5c(ccc6nc(-c7ccccc7)c(-c7ccccc7)nc65)c4)cc3)cc2)cc1. The summed E-state index contributed by atoms with van der Waals surface area (Å²) in [5.41, 5.74) is 15.2. The lowest BCUT2D eigenvalue weighted by molar-refractivity contribution is 0.590. The van der Waals surface area contributed by atoms with Crippen molar-refractivity contribution in [2.45, 2.75) is 26.2 Å². The average Bonchev–Trinajstić information content (AvgIpc) is 3.24. The number of aromatic nitrogens is 2. The van der Waals surface area contributed by atoms with Gasteiger partial charge in [0.25, 0.3) is 0 Å². The van der Waals surface area contributed by atoms with Crippen LogP contribution < -0.4 is 4.90 Å². The molecule has 264 valence electrons. The highest BCUT2D eigenvalue weighted by Crippen LogP contribution is 2.38. The van der Waals surface area contributed by atoms with Crippen LogP contribution in [0.15, 0.2) is 194 Å². The molecular formula is C52H41N3. The maximum absolute atomic E-state index is 5.31. The van der Waals surface area contributed by atoms with E-state index in [1.807, 2.05) is 12.1 Å². The summed E-state index contributed by atoms with van der Waals surface area (Å²) >= 11 is 0. The summed E-state index contributed by atoms with van der Waals surface area (Å²) in [7, 11) is 0. The van der Waals surface area contributed by atoms with Gasteiger partial charge in [-0.05, 0) is 87.1 Å². The number of fused-ring (bicyclic) bond motifs is 3. The Bertz CT molecular complexity index is 2730. The normalized spacial score (nSPS) is 11.5. The van der Waals surface area contributed by atoms with Crippen molar-refractivity contribution in [1.29, 1.82) is 0 Å². The molecule has 0 N–H and O–H groups in total. The lowest BCUT2D eigenvalue weighted by atomic mass is 9.86. The molecule has 0 saturated carbocycles. The molecule has 0 aliphatic heterocycles. The Labute approximate surface area is 323 Å². The van der Waals surface area contributed by atoms with Crippen molar-refractivity contribution in [2.24, 2.45) is 0 Å². The summed E-state index contributed by atoms with van der Waals surface area (Å²) in [4.78, 5) is 12.8. The molecule has 0 fully saturated rings. The first-order valence-corrected chi connectivity index (χ1v) is 18.9. The maximum Gasteiger partial charge on any atom is 0.0973 e. The predicted molar refractivity (Wildman–Crippen MR) is 232 cm³/mol. The van der Waals surface area contributed by atoms with Crippen LogP contribution in [0.4, 0.5) is 17.1 Å². The first-order chi connectivity index (χ1) is 26.9. The maximum atomic E-state index is 5.31. The van der Waals surface area contributed by atoms with Crippen molar-refractivity contribution < 1.29 is 0 Å². The number of benzene rings is 8. The fourth-order valence-corrected chi connectivity index (χ4v) is 7.41. The van der Waals surface area contributed by atoms with Crippen LogP contribution in [0.2, 0.25) is 0 Å². The summed E-state index contributed by atoms with van der Waals surface area (Å²) in [5.74, 6) is 0. The summed E-state index contributed by atoms with van der Waals surface area (Å²) in [6, 6.07) is 68.9. The minimum Gasteiger partial charge on any atom is -0.311 e. The van der Waals surface area contributed by atoms with Gasteiger partial charge in [-0.1, -0.05) is 166 Å². The van der Waals surface area contributed by atoms with E-state index in [1.54, 1.807) is 0 Å². The molecule has 0 spiro atoms. The van der Waals surface area contributed by atoms with E-state index >= 15 is 0 Å². The highest BCUT2D eigenvalue weighted by molar-refractivity contribution is 6.06. The minimum absolute atomic E-state index is 0.132. The second kappa shape index (κ2) is 14.2. The molecule has 0 aliphatic rings. The van der Waals surface area contributed by atoms with Gasteiger partial charge in [-0.2, -0.15) is 0 Å². The molecule has 0 radical (unpaired) electrons.